The monoisotopic (exact) mass is 385 g/mol. The largest absolute Gasteiger partial charge is 0.465 e. The molecule has 0 atom stereocenters. The number of ether oxygens (including phenoxy) is 3. The van der Waals surface area contributed by atoms with Crippen molar-refractivity contribution in [3.8, 4) is 0 Å². The van der Waals surface area contributed by atoms with Gasteiger partial charge in [-0.3, -0.25) is 0 Å². The zero-order valence-electron chi connectivity index (χ0n) is 16.1. The fourth-order valence-electron chi connectivity index (χ4n) is 2.54. The van der Waals surface area contributed by atoms with Gasteiger partial charge < -0.3 is 19.1 Å². The van der Waals surface area contributed by atoms with Gasteiger partial charge in [0.15, 0.2) is 0 Å². The molecule has 7 nitrogen and oxygen atoms in total. The molecule has 0 spiro atoms. The van der Waals surface area contributed by atoms with Gasteiger partial charge in [0.1, 0.15) is 5.70 Å². The fraction of sp³-hybridized carbons (Fsp3) is 0.286. The smallest absolute Gasteiger partial charge is 0.355 e. The SMILES string of the molecule is CCCCOC(=O)c1cccc(N2C=CC=CC(C(=O)OC)=C2C(=O)OC)c1. The van der Waals surface area contributed by atoms with Crippen LogP contribution in [0.5, 0.6) is 0 Å². The maximum Gasteiger partial charge on any atom is 0.355 e. The lowest BCUT2D eigenvalue weighted by atomic mass is 10.1. The van der Waals surface area contributed by atoms with Gasteiger partial charge in [-0.1, -0.05) is 25.5 Å². The molecule has 0 unspecified atom stereocenters. The van der Waals surface area contributed by atoms with Crippen LogP contribution in [0.1, 0.15) is 30.1 Å². The molecule has 0 bridgehead atoms. The summed E-state index contributed by atoms with van der Waals surface area (Å²) in [4.78, 5) is 38.4. The minimum Gasteiger partial charge on any atom is -0.465 e. The average molecular weight is 385 g/mol. The van der Waals surface area contributed by atoms with Gasteiger partial charge in [0.25, 0.3) is 0 Å². The molecule has 0 aromatic heterocycles. The van der Waals surface area contributed by atoms with Crippen LogP contribution in [0.4, 0.5) is 5.69 Å². The van der Waals surface area contributed by atoms with Gasteiger partial charge in [0, 0.05) is 11.9 Å². The van der Waals surface area contributed by atoms with E-state index in [1.54, 1.807) is 42.6 Å². The van der Waals surface area contributed by atoms with Crippen molar-refractivity contribution in [1.29, 1.82) is 0 Å². The molecular formula is C21H23NO6. The lowest BCUT2D eigenvalue weighted by molar-refractivity contribution is -0.139. The Labute approximate surface area is 163 Å². The highest BCUT2D eigenvalue weighted by atomic mass is 16.5. The van der Waals surface area contributed by atoms with Gasteiger partial charge in [-0.15, -0.1) is 0 Å². The van der Waals surface area contributed by atoms with Gasteiger partial charge in [-0.05, 0) is 36.8 Å². The Morgan fingerprint density at radius 1 is 1.00 bits per heavy atom. The molecule has 0 N–H and O–H groups in total. The van der Waals surface area contributed by atoms with E-state index in [4.69, 9.17) is 14.2 Å². The van der Waals surface area contributed by atoms with E-state index in [1.807, 2.05) is 6.92 Å². The summed E-state index contributed by atoms with van der Waals surface area (Å²) in [5.74, 6) is -1.85. The molecule has 2 rings (SSSR count). The number of anilines is 1. The van der Waals surface area contributed by atoms with Crippen LogP contribution in [0, 0.1) is 0 Å². The van der Waals surface area contributed by atoms with Crippen LogP contribution >= 0.6 is 0 Å². The molecule has 1 aliphatic heterocycles. The highest BCUT2D eigenvalue weighted by Gasteiger charge is 2.27. The number of hydrogen-bond acceptors (Lipinski definition) is 7. The van der Waals surface area contributed by atoms with Gasteiger partial charge in [-0.2, -0.15) is 0 Å². The standard InChI is InChI=1S/C21H23NO6/c1-4-5-13-28-19(23)15-9-8-10-16(14-15)22-12-7-6-11-17(20(24)26-2)18(22)21(25)27-3/h6-12,14H,4-5,13H2,1-3H3. The number of esters is 3. The molecule has 0 amide bonds. The van der Waals surface area contributed by atoms with Crippen LogP contribution < -0.4 is 4.90 Å². The van der Waals surface area contributed by atoms with Crippen molar-refractivity contribution < 1.29 is 28.6 Å². The number of carbonyl (C=O) groups is 3. The van der Waals surface area contributed by atoms with Crippen molar-refractivity contribution in [2.45, 2.75) is 19.8 Å². The third kappa shape index (κ3) is 4.88. The first kappa shape index (κ1) is 21.0. The second-order valence-electron chi connectivity index (χ2n) is 5.86. The van der Waals surface area contributed by atoms with Gasteiger partial charge >= 0.3 is 17.9 Å². The quantitative estimate of drug-likeness (QED) is 0.405. The summed E-state index contributed by atoms with van der Waals surface area (Å²) in [6.07, 6.45) is 8.03. The number of allylic oxidation sites excluding steroid dienone is 2. The van der Waals surface area contributed by atoms with E-state index in [9.17, 15) is 14.4 Å². The molecular weight excluding hydrogens is 362 g/mol. The highest BCUT2D eigenvalue weighted by Crippen LogP contribution is 2.27. The second kappa shape index (κ2) is 10.1. The Hall–Kier alpha value is -3.35. The van der Waals surface area contributed by atoms with E-state index < -0.39 is 17.9 Å². The number of rotatable bonds is 7. The highest BCUT2D eigenvalue weighted by molar-refractivity contribution is 6.05. The molecule has 148 valence electrons. The third-order valence-corrected chi connectivity index (χ3v) is 3.98. The Morgan fingerprint density at radius 3 is 2.43 bits per heavy atom. The van der Waals surface area contributed by atoms with Crippen molar-refractivity contribution in [1.82, 2.24) is 0 Å². The molecule has 1 aliphatic rings. The summed E-state index contributed by atoms with van der Waals surface area (Å²) in [7, 11) is 2.45. The molecule has 0 saturated heterocycles. The number of benzene rings is 1. The minimum atomic E-state index is -0.715. The molecule has 7 heteroatoms. The Balaban J connectivity index is 2.46. The molecule has 1 aromatic rings. The van der Waals surface area contributed by atoms with Crippen LogP contribution in [0.2, 0.25) is 0 Å². The second-order valence-corrected chi connectivity index (χ2v) is 5.86. The fourth-order valence-corrected chi connectivity index (χ4v) is 2.54. The van der Waals surface area contributed by atoms with Crippen molar-refractivity contribution >= 4 is 23.6 Å². The Morgan fingerprint density at radius 2 is 1.75 bits per heavy atom. The Bertz CT molecular complexity index is 837. The first-order valence-corrected chi connectivity index (χ1v) is 8.85. The number of unbranched alkanes of at least 4 members (excludes halogenated alkanes) is 1. The zero-order valence-corrected chi connectivity index (χ0v) is 16.1. The molecule has 1 aromatic carbocycles. The third-order valence-electron chi connectivity index (χ3n) is 3.98. The van der Waals surface area contributed by atoms with E-state index >= 15 is 0 Å². The number of hydrogen-bond donors (Lipinski definition) is 0. The normalized spacial score (nSPS) is 13.2. The molecule has 1 heterocycles. The summed E-state index contributed by atoms with van der Waals surface area (Å²) >= 11 is 0. The number of nitrogens with zero attached hydrogens (tertiary/aromatic N) is 1. The van der Waals surface area contributed by atoms with Crippen molar-refractivity contribution in [2.24, 2.45) is 0 Å². The van der Waals surface area contributed by atoms with Crippen LogP contribution in [-0.4, -0.2) is 38.7 Å². The van der Waals surface area contributed by atoms with Crippen molar-refractivity contribution in [3.63, 3.8) is 0 Å². The topological polar surface area (TPSA) is 82.1 Å². The minimum absolute atomic E-state index is 0.0177. The first-order chi connectivity index (χ1) is 13.5. The molecule has 0 fully saturated rings. The average Bonchev–Trinajstić information content (AvgIpc) is 2.95. The molecule has 0 saturated carbocycles. The molecule has 0 radical (unpaired) electrons. The maximum absolute atomic E-state index is 12.4. The van der Waals surface area contributed by atoms with Crippen LogP contribution in [0.3, 0.4) is 0 Å². The lowest BCUT2D eigenvalue weighted by Crippen LogP contribution is -2.27. The van der Waals surface area contributed by atoms with Gasteiger partial charge in [0.2, 0.25) is 0 Å². The molecule has 28 heavy (non-hydrogen) atoms. The summed E-state index contributed by atoms with van der Waals surface area (Å²) in [5.41, 5.74) is 0.848. The predicted molar refractivity (Wildman–Crippen MR) is 103 cm³/mol. The number of methoxy groups -OCH3 is 2. The predicted octanol–water partition coefficient (Wildman–Crippen LogP) is 3.13. The van der Waals surface area contributed by atoms with E-state index in [2.05, 4.69) is 0 Å². The van der Waals surface area contributed by atoms with Crippen molar-refractivity contribution in [3.05, 3.63) is 65.5 Å². The lowest BCUT2D eigenvalue weighted by Gasteiger charge is -2.23. The maximum atomic E-state index is 12.4. The van der Waals surface area contributed by atoms with E-state index in [0.717, 1.165) is 12.8 Å². The van der Waals surface area contributed by atoms with E-state index in [1.165, 1.54) is 25.2 Å². The van der Waals surface area contributed by atoms with Gasteiger partial charge in [-0.25, -0.2) is 14.4 Å². The number of carbonyl (C=O) groups excluding carboxylic acids is 3. The zero-order chi connectivity index (χ0) is 20.5. The van der Waals surface area contributed by atoms with Gasteiger partial charge in [0.05, 0.1) is 32.0 Å². The van der Waals surface area contributed by atoms with Crippen LogP contribution in [0.15, 0.2) is 60.0 Å². The van der Waals surface area contributed by atoms with E-state index in [0.29, 0.717) is 17.9 Å². The summed E-state index contributed by atoms with van der Waals surface area (Å²) in [6, 6.07) is 6.59. The van der Waals surface area contributed by atoms with Crippen LogP contribution in [0.25, 0.3) is 0 Å². The van der Waals surface area contributed by atoms with E-state index in [-0.39, 0.29) is 11.3 Å². The molecule has 0 aliphatic carbocycles. The summed E-state index contributed by atoms with van der Waals surface area (Å²) < 4.78 is 14.9. The summed E-state index contributed by atoms with van der Waals surface area (Å²) in [6.45, 7) is 2.35. The first-order valence-electron chi connectivity index (χ1n) is 8.85. The van der Waals surface area contributed by atoms with Crippen molar-refractivity contribution in [2.75, 3.05) is 25.7 Å². The summed E-state index contributed by atoms with van der Waals surface area (Å²) in [5, 5.41) is 0. The van der Waals surface area contributed by atoms with Crippen LogP contribution in [-0.2, 0) is 23.8 Å². The Kier molecular flexibility index (Phi) is 7.56.